The summed E-state index contributed by atoms with van der Waals surface area (Å²) in [5.41, 5.74) is 1.05. The van der Waals surface area contributed by atoms with Crippen LogP contribution in [0.4, 0.5) is 4.39 Å². The second kappa shape index (κ2) is 13.0. The van der Waals surface area contributed by atoms with Gasteiger partial charge in [0.25, 0.3) is 0 Å². The molecule has 7 heteroatoms. The first-order valence-electron chi connectivity index (χ1n) is 8.07. The molecule has 1 rings (SSSR count). The summed E-state index contributed by atoms with van der Waals surface area (Å²) in [5.74, 6) is 0.529. The van der Waals surface area contributed by atoms with Crippen molar-refractivity contribution in [2.75, 3.05) is 26.2 Å². The Kier molecular flexibility index (Phi) is 12.2. The van der Waals surface area contributed by atoms with Gasteiger partial charge in [-0.15, -0.1) is 24.0 Å². The van der Waals surface area contributed by atoms with Crippen molar-refractivity contribution in [3.63, 3.8) is 0 Å². The molecule has 0 radical (unpaired) electrons. The number of amides is 1. The van der Waals surface area contributed by atoms with Gasteiger partial charge in [0.2, 0.25) is 5.91 Å². The van der Waals surface area contributed by atoms with Crippen LogP contribution in [0.3, 0.4) is 0 Å². The summed E-state index contributed by atoms with van der Waals surface area (Å²) in [6, 6.07) is 6.46. The minimum absolute atomic E-state index is 0. The van der Waals surface area contributed by atoms with Gasteiger partial charge in [0.1, 0.15) is 5.82 Å². The molecular formula is C17H28FIN4O. The van der Waals surface area contributed by atoms with Crippen molar-refractivity contribution in [2.45, 2.75) is 27.2 Å². The Morgan fingerprint density at radius 3 is 2.33 bits per heavy atom. The van der Waals surface area contributed by atoms with Crippen LogP contribution in [0.1, 0.15) is 26.3 Å². The smallest absolute Gasteiger partial charge is 0.222 e. The summed E-state index contributed by atoms with van der Waals surface area (Å²) in [6.07, 6.45) is 0.751. The largest absolute Gasteiger partial charge is 0.357 e. The first-order valence-corrected chi connectivity index (χ1v) is 8.07. The molecule has 0 saturated heterocycles. The Balaban J connectivity index is 0.00000529. The van der Waals surface area contributed by atoms with Crippen molar-refractivity contribution in [2.24, 2.45) is 10.9 Å². The average molecular weight is 450 g/mol. The van der Waals surface area contributed by atoms with Gasteiger partial charge >= 0.3 is 0 Å². The molecule has 1 amide bonds. The quantitative estimate of drug-likeness (QED) is 0.247. The predicted octanol–water partition coefficient (Wildman–Crippen LogP) is 2.31. The molecule has 0 bridgehead atoms. The highest BCUT2D eigenvalue weighted by atomic mass is 127. The van der Waals surface area contributed by atoms with Crippen molar-refractivity contribution < 1.29 is 9.18 Å². The second-order valence-electron chi connectivity index (χ2n) is 5.51. The second-order valence-corrected chi connectivity index (χ2v) is 5.51. The van der Waals surface area contributed by atoms with E-state index in [9.17, 15) is 9.18 Å². The molecule has 0 heterocycles. The Bertz CT molecular complexity index is 506. The highest BCUT2D eigenvalue weighted by Crippen LogP contribution is 2.03. The minimum atomic E-state index is -0.226. The number of aliphatic imine (C=N–C) groups is 1. The Morgan fingerprint density at radius 2 is 1.75 bits per heavy atom. The summed E-state index contributed by atoms with van der Waals surface area (Å²) in [6.45, 7) is 8.27. The summed E-state index contributed by atoms with van der Waals surface area (Å²) in [5, 5.41) is 9.18. The summed E-state index contributed by atoms with van der Waals surface area (Å²) in [7, 11) is 0. The molecule has 0 fully saturated rings. The standard InChI is InChI=1S/C17H27FN4O.HI/c1-4-19-17(22-12-11-20-16(23)13(2)3)21-10-9-14-5-7-15(18)8-6-14;/h5-8,13H,4,9-12H2,1-3H3,(H,20,23)(H2,19,21,22);1H. The lowest BCUT2D eigenvalue weighted by molar-refractivity contribution is -0.123. The number of carbonyl (C=O) groups is 1. The zero-order chi connectivity index (χ0) is 17.1. The monoisotopic (exact) mass is 450 g/mol. The SMILES string of the molecule is CCNC(=NCCc1ccc(F)cc1)NCCNC(=O)C(C)C.I. The highest BCUT2D eigenvalue weighted by Gasteiger charge is 2.05. The third-order valence-electron chi connectivity index (χ3n) is 3.17. The van der Waals surface area contributed by atoms with E-state index in [1.165, 1.54) is 12.1 Å². The lowest BCUT2D eigenvalue weighted by Crippen LogP contribution is -2.42. The number of benzene rings is 1. The number of hydrogen-bond acceptors (Lipinski definition) is 2. The molecule has 0 unspecified atom stereocenters. The Labute approximate surface area is 160 Å². The van der Waals surface area contributed by atoms with Crippen LogP contribution in [0, 0.1) is 11.7 Å². The topological polar surface area (TPSA) is 65.5 Å². The van der Waals surface area contributed by atoms with Crippen LogP contribution in [0.15, 0.2) is 29.3 Å². The molecule has 0 aliphatic carbocycles. The van der Waals surface area contributed by atoms with E-state index in [2.05, 4.69) is 20.9 Å². The van der Waals surface area contributed by atoms with E-state index in [1.54, 1.807) is 12.1 Å². The van der Waals surface area contributed by atoms with Crippen LogP contribution in [0.2, 0.25) is 0 Å². The van der Waals surface area contributed by atoms with Gasteiger partial charge in [-0.05, 0) is 31.0 Å². The van der Waals surface area contributed by atoms with Gasteiger partial charge in [0, 0.05) is 32.1 Å². The fourth-order valence-electron chi connectivity index (χ4n) is 1.86. The van der Waals surface area contributed by atoms with E-state index < -0.39 is 0 Å². The molecule has 0 aliphatic heterocycles. The van der Waals surface area contributed by atoms with Gasteiger partial charge in [-0.1, -0.05) is 26.0 Å². The summed E-state index contributed by atoms with van der Waals surface area (Å²) < 4.78 is 12.8. The van der Waals surface area contributed by atoms with Gasteiger partial charge in [-0.25, -0.2) is 4.39 Å². The van der Waals surface area contributed by atoms with Crippen LogP contribution in [0.25, 0.3) is 0 Å². The van der Waals surface area contributed by atoms with Crippen molar-refractivity contribution in [3.05, 3.63) is 35.6 Å². The molecule has 0 aliphatic rings. The lowest BCUT2D eigenvalue weighted by atomic mass is 10.1. The van der Waals surface area contributed by atoms with E-state index in [0.29, 0.717) is 25.6 Å². The van der Waals surface area contributed by atoms with Crippen molar-refractivity contribution >= 4 is 35.8 Å². The molecule has 136 valence electrons. The third kappa shape index (κ3) is 9.69. The lowest BCUT2D eigenvalue weighted by Gasteiger charge is -2.12. The number of nitrogens with zero attached hydrogens (tertiary/aromatic N) is 1. The maximum absolute atomic E-state index is 12.8. The third-order valence-corrected chi connectivity index (χ3v) is 3.17. The van der Waals surface area contributed by atoms with Gasteiger partial charge < -0.3 is 16.0 Å². The molecule has 5 nitrogen and oxygen atoms in total. The fraction of sp³-hybridized carbons (Fsp3) is 0.529. The Hall–Kier alpha value is -1.38. The molecule has 0 aromatic heterocycles. The zero-order valence-corrected chi connectivity index (χ0v) is 16.9. The summed E-state index contributed by atoms with van der Waals surface area (Å²) in [4.78, 5) is 15.9. The van der Waals surface area contributed by atoms with E-state index in [1.807, 2.05) is 20.8 Å². The molecule has 1 aromatic rings. The number of rotatable bonds is 8. The van der Waals surface area contributed by atoms with Crippen LogP contribution >= 0.6 is 24.0 Å². The van der Waals surface area contributed by atoms with Gasteiger partial charge in [-0.2, -0.15) is 0 Å². The number of nitrogens with one attached hydrogen (secondary N) is 3. The van der Waals surface area contributed by atoms with Crippen molar-refractivity contribution in [3.8, 4) is 0 Å². The van der Waals surface area contributed by atoms with Crippen LogP contribution < -0.4 is 16.0 Å². The minimum Gasteiger partial charge on any atom is -0.357 e. The van der Waals surface area contributed by atoms with E-state index >= 15 is 0 Å². The number of hydrogen-bond donors (Lipinski definition) is 3. The van der Waals surface area contributed by atoms with Crippen molar-refractivity contribution in [1.29, 1.82) is 0 Å². The van der Waals surface area contributed by atoms with E-state index in [0.717, 1.165) is 18.5 Å². The zero-order valence-electron chi connectivity index (χ0n) is 14.6. The van der Waals surface area contributed by atoms with E-state index in [4.69, 9.17) is 0 Å². The predicted molar refractivity (Wildman–Crippen MR) is 107 cm³/mol. The molecule has 0 spiro atoms. The molecular weight excluding hydrogens is 422 g/mol. The van der Waals surface area contributed by atoms with Crippen LogP contribution in [0.5, 0.6) is 0 Å². The summed E-state index contributed by atoms with van der Waals surface area (Å²) >= 11 is 0. The number of carbonyl (C=O) groups excluding carboxylic acids is 1. The normalized spacial score (nSPS) is 11.0. The maximum Gasteiger partial charge on any atom is 0.222 e. The fourth-order valence-corrected chi connectivity index (χ4v) is 1.86. The maximum atomic E-state index is 12.8. The molecule has 1 aromatic carbocycles. The molecule has 24 heavy (non-hydrogen) atoms. The first-order chi connectivity index (χ1) is 11.0. The first kappa shape index (κ1) is 22.6. The van der Waals surface area contributed by atoms with Crippen LogP contribution in [-0.4, -0.2) is 38.0 Å². The highest BCUT2D eigenvalue weighted by molar-refractivity contribution is 14.0. The van der Waals surface area contributed by atoms with E-state index in [-0.39, 0.29) is 41.6 Å². The van der Waals surface area contributed by atoms with Gasteiger partial charge in [0.15, 0.2) is 5.96 Å². The molecule has 0 atom stereocenters. The number of halogens is 2. The molecule has 3 N–H and O–H groups in total. The average Bonchev–Trinajstić information content (AvgIpc) is 2.53. The molecule has 0 saturated carbocycles. The van der Waals surface area contributed by atoms with Crippen molar-refractivity contribution in [1.82, 2.24) is 16.0 Å². The van der Waals surface area contributed by atoms with Gasteiger partial charge in [0.05, 0.1) is 0 Å². The van der Waals surface area contributed by atoms with Crippen LogP contribution in [-0.2, 0) is 11.2 Å². The number of guanidine groups is 1. The van der Waals surface area contributed by atoms with Gasteiger partial charge in [-0.3, -0.25) is 9.79 Å². The Morgan fingerprint density at radius 1 is 1.12 bits per heavy atom.